The second kappa shape index (κ2) is 5.70. The highest BCUT2D eigenvalue weighted by atomic mass is 19.1. The standard InChI is InChI=1S/C19H11FN2O2/c20-14-6-2-1-5-12(14)18-19-13(8-10-22-18)16(23)11-17(24-19)15-7-3-4-9-21-15/h1-11H. The first-order valence-electron chi connectivity index (χ1n) is 7.33. The van der Waals surface area contributed by atoms with Crippen molar-refractivity contribution in [3.63, 3.8) is 0 Å². The second-order valence-electron chi connectivity index (χ2n) is 5.21. The van der Waals surface area contributed by atoms with Crippen LogP contribution >= 0.6 is 0 Å². The molecule has 0 bridgehead atoms. The molecule has 3 heterocycles. The molecule has 4 aromatic rings. The minimum Gasteiger partial charge on any atom is -0.452 e. The average Bonchev–Trinajstić information content (AvgIpc) is 2.63. The van der Waals surface area contributed by atoms with E-state index in [9.17, 15) is 9.18 Å². The van der Waals surface area contributed by atoms with Gasteiger partial charge in [-0.15, -0.1) is 0 Å². The lowest BCUT2D eigenvalue weighted by molar-refractivity contribution is 0.611. The van der Waals surface area contributed by atoms with Crippen molar-refractivity contribution in [3.05, 3.63) is 83.0 Å². The van der Waals surface area contributed by atoms with Crippen LogP contribution in [0.15, 0.2) is 76.2 Å². The first kappa shape index (κ1) is 14.3. The summed E-state index contributed by atoms with van der Waals surface area (Å²) in [6.45, 7) is 0. The van der Waals surface area contributed by atoms with Crippen molar-refractivity contribution >= 4 is 11.0 Å². The highest BCUT2D eigenvalue weighted by Gasteiger charge is 2.15. The van der Waals surface area contributed by atoms with Gasteiger partial charge >= 0.3 is 0 Å². The van der Waals surface area contributed by atoms with E-state index in [0.717, 1.165) is 0 Å². The first-order chi connectivity index (χ1) is 11.7. The van der Waals surface area contributed by atoms with Gasteiger partial charge in [0.1, 0.15) is 17.2 Å². The summed E-state index contributed by atoms with van der Waals surface area (Å²) in [6, 6.07) is 14.5. The highest BCUT2D eigenvalue weighted by Crippen LogP contribution is 2.29. The fourth-order valence-electron chi connectivity index (χ4n) is 2.56. The van der Waals surface area contributed by atoms with Gasteiger partial charge < -0.3 is 4.42 Å². The Kier molecular flexibility index (Phi) is 3.39. The van der Waals surface area contributed by atoms with Crippen molar-refractivity contribution in [2.24, 2.45) is 0 Å². The van der Waals surface area contributed by atoms with Crippen LogP contribution in [0.2, 0.25) is 0 Å². The van der Waals surface area contributed by atoms with Gasteiger partial charge in [-0.3, -0.25) is 14.8 Å². The van der Waals surface area contributed by atoms with Crippen LogP contribution in [0.1, 0.15) is 0 Å². The van der Waals surface area contributed by atoms with E-state index >= 15 is 0 Å². The molecule has 0 fully saturated rings. The van der Waals surface area contributed by atoms with Gasteiger partial charge in [0.25, 0.3) is 0 Å². The molecule has 0 saturated heterocycles. The Labute approximate surface area is 136 Å². The van der Waals surface area contributed by atoms with E-state index in [0.29, 0.717) is 22.5 Å². The summed E-state index contributed by atoms with van der Waals surface area (Å²) < 4.78 is 20.0. The molecule has 0 radical (unpaired) electrons. The Morgan fingerprint density at radius 1 is 0.917 bits per heavy atom. The Balaban J connectivity index is 2.05. The van der Waals surface area contributed by atoms with Crippen LogP contribution in [0.3, 0.4) is 0 Å². The summed E-state index contributed by atoms with van der Waals surface area (Å²) in [6.07, 6.45) is 3.09. The average molecular weight is 318 g/mol. The van der Waals surface area contributed by atoms with Gasteiger partial charge in [-0.05, 0) is 30.3 Å². The molecule has 0 amide bonds. The van der Waals surface area contributed by atoms with Crippen LogP contribution in [0.25, 0.3) is 33.7 Å². The van der Waals surface area contributed by atoms with E-state index in [1.54, 1.807) is 48.7 Å². The predicted molar refractivity (Wildman–Crippen MR) is 88.9 cm³/mol. The lowest BCUT2D eigenvalue weighted by Crippen LogP contribution is -2.03. The van der Waals surface area contributed by atoms with Gasteiger partial charge in [0, 0.05) is 24.0 Å². The van der Waals surface area contributed by atoms with E-state index in [-0.39, 0.29) is 16.6 Å². The third-order valence-electron chi connectivity index (χ3n) is 3.69. The lowest BCUT2D eigenvalue weighted by atomic mass is 10.1. The van der Waals surface area contributed by atoms with Crippen LogP contribution in [0.5, 0.6) is 0 Å². The molecule has 0 atom stereocenters. The third-order valence-corrected chi connectivity index (χ3v) is 3.69. The first-order valence-corrected chi connectivity index (χ1v) is 7.33. The van der Waals surface area contributed by atoms with Gasteiger partial charge in [0.05, 0.1) is 5.39 Å². The maximum absolute atomic E-state index is 14.2. The fraction of sp³-hybridized carbons (Fsp3) is 0. The molecule has 4 rings (SSSR count). The molecule has 3 aromatic heterocycles. The van der Waals surface area contributed by atoms with Crippen molar-refractivity contribution in [1.29, 1.82) is 0 Å². The maximum Gasteiger partial charge on any atom is 0.193 e. The number of aromatic nitrogens is 2. The summed E-state index contributed by atoms with van der Waals surface area (Å²) in [5, 5.41) is 0.350. The number of fused-ring (bicyclic) bond motifs is 1. The van der Waals surface area contributed by atoms with Gasteiger partial charge in [-0.1, -0.05) is 18.2 Å². The Morgan fingerprint density at radius 3 is 2.54 bits per heavy atom. The summed E-state index contributed by atoms with van der Waals surface area (Å²) in [5.74, 6) is -0.109. The van der Waals surface area contributed by atoms with E-state index in [1.165, 1.54) is 18.3 Å². The maximum atomic E-state index is 14.2. The predicted octanol–water partition coefficient (Wildman–Crippen LogP) is 4.06. The van der Waals surface area contributed by atoms with Crippen LogP contribution in [0, 0.1) is 5.82 Å². The number of pyridine rings is 2. The normalized spacial score (nSPS) is 10.9. The number of rotatable bonds is 2. The SMILES string of the molecule is O=c1cc(-c2ccccn2)oc2c(-c3ccccc3F)nccc12. The number of hydrogen-bond acceptors (Lipinski definition) is 4. The van der Waals surface area contributed by atoms with Crippen LogP contribution in [-0.4, -0.2) is 9.97 Å². The zero-order valence-electron chi connectivity index (χ0n) is 12.4. The molecule has 0 aliphatic rings. The third kappa shape index (κ3) is 2.36. The Bertz CT molecular complexity index is 1090. The minimum atomic E-state index is -0.427. The van der Waals surface area contributed by atoms with Crippen molar-refractivity contribution in [2.75, 3.05) is 0 Å². The molecular formula is C19H11FN2O2. The molecule has 4 nitrogen and oxygen atoms in total. The molecular weight excluding hydrogens is 307 g/mol. The molecule has 0 saturated carbocycles. The van der Waals surface area contributed by atoms with Gasteiger partial charge in [-0.25, -0.2) is 4.39 Å². The molecule has 0 aliphatic carbocycles. The summed E-state index contributed by atoms with van der Waals surface area (Å²) >= 11 is 0. The number of benzene rings is 1. The summed E-state index contributed by atoms with van der Waals surface area (Å²) in [4.78, 5) is 20.8. The van der Waals surface area contributed by atoms with Crippen molar-refractivity contribution < 1.29 is 8.81 Å². The summed E-state index contributed by atoms with van der Waals surface area (Å²) in [7, 11) is 0. The van der Waals surface area contributed by atoms with Gasteiger partial charge in [0.2, 0.25) is 0 Å². The molecule has 0 aliphatic heterocycles. The van der Waals surface area contributed by atoms with Crippen LogP contribution in [-0.2, 0) is 0 Å². The van der Waals surface area contributed by atoms with Crippen molar-refractivity contribution in [1.82, 2.24) is 9.97 Å². The molecule has 1 aromatic carbocycles. The highest BCUT2D eigenvalue weighted by molar-refractivity contribution is 5.90. The molecule has 0 N–H and O–H groups in total. The van der Waals surface area contributed by atoms with E-state index < -0.39 is 5.82 Å². The number of hydrogen-bond donors (Lipinski definition) is 0. The minimum absolute atomic E-state index is 0.225. The van der Waals surface area contributed by atoms with E-state index in [2.05, 4.69) is 9.97 Å². The van der Waals surface area contributed by atoms with Crippen LogP contribution in [0.4, 0.5) is 4.39 Å². The zero-order chi connectivity index (χ0) is 16.5. The second-order valence-corrected chi connectivity index (χ2v) is 5.21. The fourth-order valence-corrected chi connectivity index (χ4v) is 2.56. The Hall–Kier alpha value is -3.34. The van der Waals surface area contributed by atoms with Gasteiger partial charge in [-0.2, -0.15) is 0 Å². The largest absolute Gasteiger partial charge is 0.452 e. The van der Waals surface area contributed by atoms with Crippen LogP contribution < -0.4 is 5.43 Å². The number of nitrogens with zero attached hydrogens (tertiary/aromatic N) is 2. The van der Waals surface area contributed by atoms with Gasteiger partial charge in [0.15, 0.2) is 16.8 Å². The molecule has 116 valence electrons. The zero-order valence-corrected chi connectivity index (χ0v) is 12.4. The van der Waals surface area contributed by atoms with Crippen molar-refractivity contribution in [2.45, 2.75) is 0 Å². The lowest BCUT2D eigenvalue weighted by Gasteiger charge is -2.07. The van der Waals surface area contributed by atoms with E-state index in [1.807, 2.05) is 0 Å². The smallest absolute Gasteiger partial charge is 0.193 e. The topological polar surface area (TPSA) is 56.0 Å². The summed E-state index contributed by atoms with van der Waals surface area (Å²) in [5.41, 5.74) is 1.12. The molecule has 0 spiro atoms. The quantitative estimate of drug-likeness (QED) is 0.559. The molecule has 24 heavy (non-hydrogen) atoms. The number of halogens is 1. The monoisotopic (exact) mass is 318 g/mol. The molecule has 0 unspecified atom stereocenters. The molecule has 5 heteroatoms. The van der Waals surface area contributed by atoms with Crippen molar-refractivity contribution in [3.8, 4) is 22.7 Å². The Morgan fingerprint density at radius 2 is 1.75 bits per heavy atom. The van der Waals surface area contributed by atoms with E-state index in [4.69, 9.17) is 4.42 Å².